The summed E-state index contributed by atoms with van der Waals surface area (Å²) < 4.78 is 29.2. The van der Waals surface area contributed by atoms with E-state index in [2.05, 4.69) is 10.1 Å². The summed E-state index contributed by atoms with van der Waals surface area (Å²) in [5, 5.41) is 3.75. The Bertz CT molecular complexity index is 956. The molecule has 0 atom stereocenters. The van der Waals surface area contributed by atoms with Crippen LogP contribution in [0.1, 0.15) is 27.6 Å². The van der Waals surface area contributed by atoms with E-state index < -0.39 is 5.82 Å². The number of nitrogens with zero attached hydrogens (tertiary/aromatic N) is 3. The van der Waals surface area contributed by atoms with Gasteiger partial charge in [0.2, 0.25) is 11.7 Å². The van der Waals surface area contributed by atoms with Gasteiger partial charge in [-0.05, 0) is 42.0 Å². The van der Waals surface area contributed by atoms with E-state index in [1.54, 1.807) is 50.4 Å². The summed E-state index contributed by atoms with van der Waals surface area (Å²) in [6.07, 6.45) is 0. The Morgan fingerprint density at radius 2 is 1.96 bits per heavy atom. The standard InChI is InChI=1S/C20H20FN3O4/c1-13-22-19(23-28-13)12-27-16-7-5-15(6-8-16)20(25)24(2)11-14-4-9-18(26-3)17(21)10-14/h4-10H,11-12H2,1-3H3. The lowest BCUT2D eigenvalue weighted by Gasteiger charge is -2.18. The maximum absolute atomic E-state index is 13.8. The minimum atomic E-state index is -0.459. The number of benzene rings is 2. The summed E-state index contributed by atoms with van der Waals surface area (Å²) in [5.41, 5.74) is 1.17. The molecule has 1 amide bonds. The summed E-state index contributed by atoms with van der Waals surface area (Å²) in [7, 11) is 3.07. The molecule has 28 heavy (non-hydrogen) atoms. The van der Waals surface area contributed by atoms with Gasteiger partial charge in [0.15, 0.2) is 18.2 Å². The van der Waals surface area contributed by atoms with Crippen molar-refractivity contribution in [2.75, 3.05) is 14.2 Å². The fraction of sp³-hybridized carbons (Fsp3) is 0.250. The fourth-order valence-electron chi connectivity index (χ4n) is 2.62. The van der Waals surface area contributed by atoms with Crippen LogP contribution in [0.5, 0.6) is 11.5 Å². The molecule has 146 valence electrons. The molecule has 0 N–H and O–H groups in total. The van der Waals surface area contributed by atoms with Crippen molar-refractivity contribution in [2.24, 2.45) is 0 Å². The van der Waals surface area contributed by atoms with Gasteiger partial charge in [0.05, 0.1) is 7.11 Å². The van der Waals surface area contributed by atoms with Gasteiger partial charge in [-0.1, -0.05) is 11.2 Å². The van der Waals surface area contributed by atoms with Gasteiger partial charge < -0.3 is 18.9 Å². The summed E-state index contributed by atoms with van der Waals surface area (Å²) in [6.45, 7) is 2.15. The van der Waals surface area contributed by atoms with Crippen LogP contribution in [0.25, 0.3) is 0 Å². The molecule has 0 saturated heterocycles. The van der Waals surface area contributed by atoms with Crippen LogP contribution in [-0.4, -0.2) is 35.1 Å². The van der Waals surface area contributed by atoms with Crippen LogP contribution in [0, 0.1) is 12.7 Å². The molecule has 0 spiro atoms. The highest BCUT2D eigenvalue weighted by Gasteiger charge is 2.14. The fourth-order valence-corrected chi connectivity index (χ4v) is 2.62. The molecule has 1 heterocycles. The first kappa shape index (κ1) is 19.3. The van der Waals surface area contributed by atoms with E-state index in [-0.39, 0.29) is 24.8 Å². The molecule has 0 saturated carbocycles. The van der Waals surface area contributed by atoms with Gasteiger partial charge in [0, 0.05) is 26.1 Å². The molecule has 0 aliphatic heterocycles. The lowest BCUT2D eigenvalue weighted by molar-refractivity contribution is 0.0785. The number of carbonyl (C=O) groups excluding carboxylic acids is 1. The molecule has 7 nitrogen and oxygen atoms in total. The molecule has 3 rings (SSSR count). The molecule has 0 aliphatic rings. The Morgan fingerprint density at radius 1 is 1.21 bits per heavy atom. The van der Waals surface area contributed by atoms with Crippen molar-refractivity contribution in [1.29, 1.82) is 0 Å². The molecular formula is C20H20FN3O4. The molecule has 3 aromatic rings. The molecule has 1 aromatic heterocycles. The summed E-state index contributed by atoms with van der Waals surface area (Å²) in [5.74, 6) is 1.03. The van der Waals surface area contributed by atoms with E-state index in [0.717, 1.165) is 0 Å². The van der Waals surface area contributed by atoms with Crippen molar-refractivity contribution in [3.8, 4) is 11.5 Å². The number of aromatic nitrogens is 2. The Morgan fingerprint density at radius 3 is 2.57 bits per heavy atom. The van der Waals surface area contributed by atoms with Gasteiger partial charge in [0.25, 0.3) is 5.91 Å². The first-order valence-corrected chi connectivity index (χ1v) is 8.56. The van der Waals surface area contributed by atoms with Crippen molar-refractivity contribution >= 4 is 5.91 Å². The zero-order valence-corrected chi connectivity index (χ0v) is 15.8. The van der Waals surface area contributed by atoms with Crippen molar-refractivity contribution in [2.45, 2.75) is 20.1 Å². The van der Waals surface area contributed by atoms with Crippen LogP contribution in [0.3, 0.4) is 0 Å². The summed E-state index contributed by atoms with van der Waals surface area (Å²) in [4.78, 5) is 18.2. The van der Waals surface area contributed by atoms with E-state index in [1.165, 1.54) is 18.1 Å². The average molecular weight is 385 g/mol. The van der Waals surface area contributed by atoms with Crippen molar-refractivity contribution in [1.82, 2.24) is 15.0 Å². The third-order valence-electron chi connectivity index (χ3n) is 4.02. The Balaban J connectivity index is 1.59. The zero-order chi connectivity index (χ0) is 20.1. The highest BCUT2D eigenvalue weighted by molar-refractivity contribution is 5.94. The van der Waals surface area contributed by atoms with Gasteiger partial charge in [0.1, 0.15) is 5.75 Å². The van der Waals surface area contributed by atoms with Gasteiger partial charge in [-0.3, -0.25) is 4.79 Å². The second kappa shape index (κ2) is 8.51. The highest BCUT2D eigenvalue weighted by Crippen LogP contribution is 2.20. The number of aryl methyl sites for hydroxylation is 1. The Labute approximate surface area is 161 Å². The number of hydrogen-bond acceptors (Lipinski definition) is 6. The number of methoxy groups -OCH3 is 1. The summed E-state index contributed by atoms with van der Waals surface area (Å²) >= 11 is 0. The predicted molar refractivity (Wildman–Crippen MR) is 98.6 cm³/mol. The van der Waals surface area contributed by atoms with Crippen LogP contribution < -0.4 is 9.47 Å². The molecule has 0 fully saturated rings. The van der Waals surface area contributed by atoms with E-state index in [4.69, 9.17) is 14.0 Å². The van der Waals surface area contributed by atoms with E-state index in [1.807, 2.05) is 0 Å². The van der Waals surface area contributed by atoms with Gasteiger partial charge >= 0.3 is 0 Å². The number of ether oxygens (including phenoxy) is 2. The maximum Gasteiger partial charge on any atom is 0.253 e. The first-order valence-electron chi connectivity index (χ1n) is 8.56. The number of carbonyl (C=O) groups is 1. The van der Waals surface area contributed by atoms with Crippen LogP contribution in [0.4, 0.5) is 4.39 Å². The molecule has 0 radical (unpaired) electrons. The minimum Gasteiger partial charge on any atom is -0.494 e. The largest absolute Gasteiger partial charge is 0.494 e. The SMILES string of the molecule is COc1ccc(CN(C)C(=O)c2ccc(OCc3noc(C)n3)cc2)cc1F. The average Bonchev–Trinajstić information content (AvgIpc) is 3.11. The van der Waals surface area contributed by atoms with Gasteiger partial charge in [-0.2, -0.15) is 4.98 Å². The van der Waals surface area contributed by atoms with Crippen LogP contribution in [0.15, 0.2) is 47.0 Å². The lowest BCUT2D eigenvalue weighted by atomic mass is 10.1. The Hall–Kier alpha value is -3.42. The van der Waals surface area contributed by atoms with Gasteiger partial charge in [-0.15, -0.1) is 0 Å². The first-order chi connectivity index (χ1) is 13.5. The van der Waals surface area contributed by atoms with Crippen LogP contribution in [-0.2, 0) is 13.2 Å². The quantitative estimate of drug-likeness (QED) is 0.621. The Kier molecular flexibility index (Phi) is 5.88. The lowest BCUT2D eigenvalue weighted by Crippen LogP contribution is -2.26. The molecule has 2 aromatic carbocycles. The second-order valence-electron chi connectivity index (χ2n) is 6.17. The second-order valence-corrected chi connectivity index (χ2v) is 6.17. The number of hydrogen-bond donors (Lipinski definition) is 0. The molecular weight excluding hydrogens is 365 g/mol. The molecule has 0 unspecified atom stereocenters. The van der Waals surface area contributed by atoms with Gasteiger partial charge in [-0.25, -0.2) is 4.39 Å². The normalized spacial score (nSPS) is 10.6. The third-order valence-corrected chi connectivity index (χ3v) is 4.02. The van der Waals surface area contributed by atoms with Crippen LogP contribution in [0.2, 0.25) is 0 Å². The predicted octanol–water partition coefficient (Wildman–Crippen LogP) is 3.38. The van der Waals surface area contributed by atoms with E-state index in [0.29, 0.717) is 28.6 Å². The van der Waals surface area contributed by atoms with Crippen molar-refractivity contribution in [3.05, 3.63) is 71.1 Å². The monoisotopic (exact) mass is 385 g/mol. The minimum absolute atomic E-state index is 0.171. The van der Waals surface area contributed by atoms with E-state index >= 15 is 0 Å². The number of amides is 1. The van der Waals surface area contributed by atoms with Crippen molar-refractivity contribution in [3.63, 3.8) is 0 Å². The smallest absolute Gasteiger partial charge is 0.253 e. The van der Waals surface area contributed by atoms with E-state index in [9.17, 15) is 9.18 Å². The third kappa shape index (κ3) is 4.64. The zero-order valence-electron chi connectivity index (χ0n) is 15.8. The molecule has 0 aliphatic carbocycles. The summed E-state index contributed by atoms with van der Waals surface area (Å²) in [6, 6.07) is 11.4. The molecule has 8 heteroatoms. The maximum atomic E-state index is 13.8. The number of rotatable bonds is 7. The van der Waals surface area contributed by atoms with Crippen molar-refractivity contribution < 1.29 is 23.2 Å². The topological polar surface area (TPSA) is 77.7 Å². The number of halogens is 1. The molecule has 0 bridgehead atoms. The van der Waals surface area contributed by atoms with Crippen LogP contribution >= 0.6 is 0 Å². The highest BCUT2D eigenvalue weighted by atomic mass is 19.1.